The van der Waals surface area contributed by atoms with Gasteiger partial charge in [-0.3, -0.25) is 0 Å². The van der Waals surface area contributed by atoms with Gasteiger partial charge in [0.05, 0.1) is 5.75 Å². The molecule has 0 unspecified atom stereocenters. The fourth-order valence-electron chi connectivity index (χ4n) is 1.65. The molecule has 0 bridgehead atoms. The topological polar surface area (TPSA) is 46.2 Å². The van der Waals surface area contributed by atoms with Gasteiger partial charge >= 0.3 is 0 Å². The van der Waals surface area contributed by atoms with E-state index in [4.69, 9.17) is 0 Å². The number of aryl methyl sites for hydroxylation is 1. The Morgan fingerprint density at radius 2 is 1.76 bits per heavy atom. The first-order valence-electron chi connectivity index (χ1n) is 5.90. The third-order valence-electron chi connectivity index (χ3n) is 2.69. The number of sulfonamides is 1. The zero-order valence-corrected chi connectivity index (χ0v) is 11.5. The lowest BCUT2D eigenvalue weighted by atomic mass is 9.97. The van der Waals surface area contributed by atoms with E-state index in [1.165, 1.54) is 5.56 Å². The molecule has 0 spiro atoms. The predicted octanol–water partition coefficient (Wildman–Crippen LogP) is 2.34. The number of rotatable bonds is 6. The van der Waals surface area contributed by atoms with Gasteiger partial charge in [0, 0.05) is 5.54 Å². The highest BCUT2D eigenvalue weighted by atomic mass is 32.2. The fourth-order valence-corrected chi connectivity index (χ4v) is 2.73. The molecule has 1 rings (SSSR count). The molecule has 4 heteroatoms. The van der Waals surface area contributed by atoms with E-state index in [0.717, 1.165) is 12.8 Å². The fraction of sp³-hybridized carbons (Fsp3) is 0.538. The molecule has 17 heavy (non-hydrogen) atoms. The van der Waals surface area contributed by atoms with Crippen LogP contribution in [0.4, 0.5) is 0 Å². The van der Waals surface area contributed by atoms with E-state index < -0.39 is 15.6 Å². The maximum Gasteiger partial charge on any atom is 0.211 e. The van der Waals surface area contributed by atoms with Gasteiger partial charge in [-0.25, -0.2) is 13.1 Å². The van der Waals surface area contributed by atoms with Crippen molar-refractivity contribution in [2.24, 2.45) is 0 Å². The third-order valence-corrected chi connectivity index (χ3v) is 4.32. The van der Waals surface area contributed by atoms with E-state index in [2.05, 4.69) is 16.9 Å². The van der Waals surface area contributed by atoms with Crippen molar-refractivity contribution in [3.63, 3.8) is 0 Å². The van der Waals surface area contributed by atoms with Crippen molar-refractivity contribution in [3.8, 4) is 0 Å². The van der Waals surface area contributed by atoms with Gasteiger partial charge in [0.1, 0.15) is 0 Å². The van der Waals surface area contributed by atoms with Gasteiger partial charge in [-0.05, 0) is 39.2 Å². The van der Waals surface area contributed by atoms with Crippen LogP contribution < -0.4 is 4.72 Å². The maximum absolute atomic E-state index is 11.5. The van der Waals surface area contributed by atoms with Gasteiger partial charge in [0.15, 0.2) is 0 Å². The smallest absolute Gasteiger partial charge is 0.211 e. The van der Waals surface area contributed by atoms with Crippen LogP contribution in [0.25, 0.3) is 0 Å². The Hall–Kier alpha value is -0.870. The summed E-state index contributed by atoms with van der Waals surface area (Å²) in [5, 5.41) is 0. The molecule has 0 saturated heterocycles. The predicted molar refractivity (Wildman–Crippen MR) is 71.4 cm³/mol. The number of hydrogen-bond acceptors (Lipinski definition) is 2. The minimum absolute atomic E-state index is 0.127. The van der Waals surface area contributed by atoms with Crippen molar-refractivity contribution < 1.29 is 8.42 Å². The van der Waals surface area contributed by atoms with Crippen molar-refractivity contribution >= 4 is 10.0 Å². The lowest BCUT2D eigenvalue weighted by Gasteiger charge is -2.25. The Morgan fingerprint density at radius 1 is 1.18 bits per heavy atom. The molecule has 1 aromatic carbocycles. The molecular weight excluding hydrogens is 234 g/mol. The first-order chi connectivity index (χ1) is 7.85. The maximum atomic E-state index is 11.5. The minimum atomic E-state index is -3.13. The van der Waals surface area contributed by atoms with E-state index in [1.807, 2.05) is 32.0 Å². The monoisotopic (exact) mass is 255 g/mol. The van der Waals surface area contributed by atoms with Crippen LogP contribution >= 0.6 is 0 Å². The van der Waals surface area contributed by atoms with Gasteiger partial charge in [-0.2, -0.15) is 0 Å². The first kappa shape index (κ1) is 14.2. The van der Waals surface area contributed by atoms with Crippen LogP contribution in [0.1, 0.15) is 32.8 Å². The average molecular weight is 255 g/mol. The molecule has 0 fully saturated rings. The highest BCUT2D eigenvalue weighted by Crippen LogP contribution is 2.14. The summed E-state index contributed by atoms with van der Waals surface area (Å²) in [5.41, 5.74) is 0.835. The van der Waals surface area contributed by atoms with Gasteiger partial charge in [-0.1, -0.05) is 30.3 Å². The molecule has 1 aromatic rings. The van der Waals surface area contributed by atoms with E-state index in [9.17, 15) is 8.42 Å². The minimum Gasteiger partial charge on any atom is -0.212 e. The van der Waals surface area contributed by atoms with Crippen LogP contribution in [-0.4, -0.2) is 19.7 Å². The molecule has 0 saturated carbocycles. The van der Waals surface area contributed by atoms with Crippen molar-refractivity contribution in [1.29, 1.82) is 0 Å². The second-order valence-electron chi connectivity index (χ2n) is 4.87. The van der Waals surface area contributed by atoms with Crippen molar-refractivity contribution in [3.05, 3.63) is 35.9 Å². The summed E-state index contributed by atoms with van der Waals surface area (Å²) in [6, 6.07) is 10.1. The standard InChI is InChI=1S/C13H21NO2S/c1-4-17(15,16)14-13(2,3)11-10-12-8-6-5-7-9-12/h5-9,14H,4,10-11H2,1-3H3. The van der Waals surface area contributed by atoms with Crippen LogP contribution in [0.15, 0.2) is 30.3 Å². The summed E-state index contributed by atoms with van der Waals surface area (Å²) >= 11 is 0. The Labute approximate surface area is 104 Å². The van der Waals surface area contributed by atoms with E-state index in [0.29, 0.717) is 0 Å². The van der Waals surface area contributed by atoms with Crippen LogP contribution in [0.3, 0.4) is 0 Å². The molecule has 96 valence electrons. The summed E-state index contributed by atoms with van der Waals surface area (Å²) in [6.07, 6.45) is 1.66. The van der Waals surface area contributed by atoms with Gasteiger partial charge < -0.3 is 0 Å². The first-order valence-corrected chi connectivity index (χ1v) is 7.55. The van der Waals surface area contributed by atoms with Crippen molar-refractivity contribution in [2.75, 3.05) is 5.75 Å². The summed E-state index contributed by atoms with van der Waals surface area (Å²) < 4.78 is 25.8. The van der Waals surface area contributed by atoms with Gasteiger partial charge in [0.2, 0.25) is 10.0 Å². The normalized spacial score (nSPS) is 12.6. The Balaban J connectivity index is 2.56. The number of benzene rings is 1. The molecule has 0 radical (unpaired) electrons. The van der Waals surface area contributed by atoms with E-state index in [-0.39, 0.29) is 5.75 Å². The molecule has 1 N–H and O–H groups in total. The van der Waals surface area contributed by atoms with Crippen LogP contribution in [0.2, 0.25) is 0 Å². The highest BCUT2D eigenvalue weighted by molar-refractivity contribution is 7.89. The summed E-state index contributed by atoms with van der Waals surface area (Å²) in [5.74, 6) is 0.127. The van der Waals surface area contributed by atoms with Crippen molar-refractivity contribution in [1.82, 2.24) is 4.72 Å². The van der Waals surface area contributed by atoms with Crippen LogP contribution in [0.5, 0.6) is 0 Å². The molecule has 0 aliphatic carbocycles. The molecule has 0 aliphatic heterocycles. The molecule has 3 nitrogen and oxygen atoms in total. The van der Waals surface area contributed by atoms with Gasteiger partial charge in [-0.15, -0.1) is 0 Å². The average Bonchev–Trinajstić information content (AvgIpc) is 2.27. The molecular formula is C13H21NO2S. The lowest BCUT2D eigenvalue weighted by molar-refractivity contribution is 0.422. The van der Waals surface area contributed by atoms with Crippen LogP contribution in [0, 0.1) is 0 Å². The summed E-state index contributed by atoms with van der Waals surface area (Å²) in [7, 11) is -3.13. The Morgan fingerprint density at radius 3 is 2.29 bits per heavy atom. The zero-order chi connectivity index (χ0) is 12.9. The highest BCUT2D eigenvalue weighted by Gasteiger charge is 2.23. The quantitative estimate of drug-likeness (QED) is 0.848. The molecule has 0 heterocycles. The SMILES string of the molecule is CCS(=O)(=O)NC(C)(C)CCc1ccccc1. The Bertz CT molecular complexity index is 438. The number of hydrogen-bond donors (Lipinski definition) is 1. The summed E-state index contributed by atoms with van der Waals surface area (Å²) in [4.78, 5) is 0. The third kappa shape index (κ3) is 5.33. The second-order valence-corrected chi connectivity index (χ2v) is 6.89. The molecule has 0 amide bonds. The van der Waals surface area contributed by atoms with E-state index in [1.54, 1.807) is 6.92 Å². The lowest BCUT2D eigenvalue weighted by Crippen LogP contribution is -2.44. The molecule has 0 aliphatic rings. The largest absolute Gasteiger partial charge is 0.212 e. The second kappa shape index (κ2) is 5.65. The molecule has 0 aromatic heterocycles. The molecule has 0 atom stereocenters. The van der Waals surface area contributed by atoms with Crippen molar-refractivity contribution in [2.45, 2.75) is 39.2 Å². The van der Waals surface area contributed by atoms with E-state index >= 15 is 0 Å². The van der Waals surface area contributed by atoms with Crippen LogP contribution in [-0.2, 0) is 16.4 Å². The number of nitrogens with one attached hydrogen (secondary N) is 1. The zero-order valence-electron chi connectivity index (χ0n) is 10.7. The summed E-state index contributed by atoms with van der Waals surface area (Å²) in [6.45, 7) is 5.49. The Kier molecular flexibility index (Phi) is 4.71. The van der Waals surface area contributed by atoms with Gasteiger partial charge in [0.25, 0.3) is 0 Å².